The monoisotopic (exact) mass is 284 g/mol. The number of nitro groups is 1. The first-order chi connectivity index (χ1) is 9.09. The first-order valence-electron chi connectivity index (χ1n) is 6.80. The summed E-state index contributed by atoms with van der Waals surface area (Å²) in [5.41, 5.74) is 0.140. The topological polar surface area (TPSA) is 66.6 Å². The Morgan fingerprint density at radius 2 is 1.89 bits per heavy atom. The van der Waals surface area contributed by atoms with Crippen LogP contribution in [-0.2, 0) is 0 Å². The van der Waals surface area contributed by atoms with Crippen molar-refractivity contribution < 1.29 is 10.0 Å². The smallest absolute Gasteiger partial charge is 0.304 e. The zero-order chi connectivity index (χ0) is 13.8. The lowest BCUT2D eigenvalue weighted by atomic mass is 10.1. The molecule has 0 spiro atoms. The number of hydrogen-bond acceptors (Lipinski definition) is 5. The second kappa shape index (κ2) is 6.34. The summed E-state index contributed by atoms with van der Waals surface area (Å²) in [7, 11) is 0. The van der Waals surface area contributed by atoms with Crippen molar-refractivity contribution in [3.63, 3.8) is 0 Å². The molecule has 0 aliphatic carbocycles. The predicted octanol–water partition coefficient (Wildman–Crippen LogP) is 3.48. The Morgan fingerprint density at radius 1 is 1.32 bits per heavy atom. The molecule has 0 saturated carbocycles. The van der Waals surface area contributed by atoms with Crippen LogP contribution in [0.3, 0.4) is 0 Å². The highest BCUT2D eigenvalue weighted by Gasteiger charge is 2.25. The molecule has 106 valence electrons. The van der Waals surface area contributed by atoms with Crippen molar-refractivity contribution in [1.29, 1.82) is 0 Å². The molecular formula is C13H20N2O3S. The minimum Gasteiger partial charge on any atom is -0.388 e. The lowest BCUT2D eigenvalue weighted by Gasteiger charge is -2.24. The molecule has 0 radical (unpaired) electrons. The fourth-order valence-corrected chi connectivity index (χ4v) is 3.52. The lowest BCUT2D eigenvalue weighted by molar-refractivity contribution is -0.383. The van der Waals surface area contributed by atoms with Gasteiger partial charge in [0, 0.05) is 24.0 Å². The number of anilines is 1. The van der Waals surface area contributed by atoms with Gasteiger partial charge in [0.05, 0.1) is 11.0 Å². The maximum absolute atomic E-state index is 11.2. The molecule has 2 heterocycles. The predicted molar refractivity (Wildman–Crippen MR) is 76.9 cm³/mol. The Morgan fingerprint density at radius 3 is 2.42 bits per heavy atom. The van der Waals surface area contributed by atoms with Crippen LogP contribution < -0.4 is 4.90 Å². The van der Waals surface area contributed by atoms with Crippen molar-refractivity contribution in [2.24, 2.45) is 0 Å². The summed E-state index contributed by atoms with van der Waals surface area (Å²) in [5, 5.41) is 21.5. The van der Waals surface area contributed by atoms with Crippen molar-refractivity contribution >= 4 is 22.0 Å². The molecule has 5 nitrogen and oxygen atoms in total. The Balaban J connectivity index is 2.27. The zero-order valence-electron chi connectivity index (χ0n) is 11.2. The van der Waals surface area contributed by atoms with Gasteiger partial charge in [0.25, 0.3) is 0 Å². The average Bonchev–Trinajstić information content (AvgIpc) is 2.73. The summed E-state index contributed by atoms with van der Waals surface area (Å²) in [5.74, 6) is 0. The highest BCUT2D eigenvalue weighted by molar-refractivity contribution is 7.16. The van der Waals surface area contributed by atoms with Gasteiger partial charge in [-0.05, 0) is 19.8 Å². The van der Waals surface area contributed by atoms with Crippen molar-refractivity contribution in [2.75, 3.05) is 18.0 Å². The van der Waals surface area contributed by atoms with Crippen LogP contribution in [0.1, 0.15) is 50.0 Å². The summed E-state index contributed by atoms with van der Waals surface area (Å²) in [6.45, 7) is 3.40. The molecule has 19 heavy (non-hydrogen) atoms. The van der Waals surface area contributed by atoms with Gasteiger partial charge in [-0.25, -0.2) is 0 Å². The largest absolute Gasteiger partial charge is 0.388 e. The molecule has 0 amide bonds. The third-order valence-electron chi connectivity index (χ3n) is 3.46. The average molecular weight is 284 g/mol. The van der Waals surface area contributed by atoms with E-state index in [4.69, 9.17) is 0 Å². The number of hydrogen-bond donors (Lipinski definition) is 1. The molecule has 1 N–H and O–H groups in total. The normalized spacial score (nSPS) is 18.7. The molecule has 1 fully saturated rings. The molecule has 6 heteroatoms. The number of rotatable bonds is 3. The summed E-state index contributed by atoms with van der Waals surface area (Å²) in [6.07, 6.45) is 5.17. The molecule has 0 unspecified atom stereocenters. The van der Waals surface area contributed by atoms with Gasteiger partial charge in [-0.2, -0.15) is 0 Å². The molecule has 1 aromatic rings. The number of thiophene rings is 1. The van der Waals surface area contributed by atoms with Gasteiger partial charge < -0.3 is 10.0 Å². The van der Waals surface area contributed by atoms with Crippen molar-refractivity contribution in [3.05, 3.63) is 21.1 Å². The van der Waals surface area contributed by atoms with Crippen LogP contribution in [0.25, 0.3) is 0 Å². The molecule has 1 aromatic heterocycles. The first-order valence-corrected chi connectivity index (χ1v) is 7.62. The van der Waals surface area contributed by atoms with E-state index in [0.29, 0.717) is 9.88 Å². The maximum Gasteiger partial charge on any atom is 0.304 e. The minimum absolute atomic E-state index is 0.140. The molecule has 1 atom stereocenters. The SMILES string of the molecule is C[C@@H](O)c1cc([N+](=O)[O-])c(N2CCCCCCC2)s1. The quantitative estimate of drug-likeness (QED) is 0.681. The van der Waals surface area contributed by atoms with Crippen LogP contribution in [0.2, 0.25) is 0 Å². The van der Waals surface area contributed by atoms with E-state index in [1.54, 1.807) is 6.92 Å². The second-order valence-corrected chi connectivity index (χ2v) is 6.09. The van der Waals surface area contributed by atoms with Crippen LogP contribution in [0.5, 0.6) is 0 Å². The first kappa shape index (κ1) is 14.3. The van der Waals surface area contributed by atoms with Crippen LogP contribution in [0, 0.1) is 10.1 Å². The molecule has 1 saturated heterocycles. The van der Waals surface area contributed by atoms with E-state index < -0.39 is 6.10 Å². The number of nitrogens with zero attached hydrogens (tertiary/aromatic N) is 2. The molecule has 0 bridgehead atoms. The maximum atomic E-state index is 11.2. The van der Waals surface area contributed by atoms with Crippen LogP contribution in [0.4, 0.5) is 10.7 Å². The second-order valence-electron chi connectivity index (χ2n) is 5.03. The summed E-state index contributed by atoms with van der Waals surface area (Å²) < 4.78 is 0. The Hall–Kier alpha value is -1.14. The van der Waals surface area contributed by atoms with Crippen LogP contribution in [0.15, 0.2) is 6.07 Å². The number of aliphatic hydroxyl groups excluding tert-OH is 1. The summed E-state index contributed by atoms with van der Waals surface area (Å²) in [4.78, 5) is 13.6. The van der Waals surface area contributed by atoms with Gasteiger partial charge >= 0.3 is 5.69 Å². The van der Waals surface area contributed by atoms with E-state index in [1.807, 2.05) is 0 Å². The van der Waals surface area contributed by atoms with Gasteiger partial charge in [0.1, 0.15) is 0 Å². The van der Waals surface area contributed by atoms with Crippen molar-refractivity contribution in [1.82, 2.24) is 0 Å². The molecule has 1 aliphatic rings. The minimum atomic E-state index is -0.646. The van der Waals surface area contributed by atoms with Gasteiger partial charge in [-0.15, -0.1) is 11.3 Å². The Bertz CT molecular complexity index is 437. The Kier molecular flexibility index (Phi) is 4.76. The van der Waals surface area contributed by atoms with E-state index in [0.717, 1.165) is 25.9 Å². The fraction of sp³-hybridized carbons (Fsp3) is 0.692. The third kappa shape index (κ3) is 3.45. The molecule has 1 aliphatic heterocycles. The number of aliphatic hydroxyl groups is 1. The van der Waals surface area contributed by atoms with Gasteiger partial charge in [-0.1, -0.05) is 19.3 Å². The van der Waals surface area contributed by atoms with Crippen molar-refractivity contribution in [2.45, 2.75) is 45.1 Å². The van der Waals surface area contributed by atoms with Gasteiger partial charge in [-0.3, -0.25) is 10.1 Å². The van der Waals surface area contributed by atoms with Crippen LogP contribution in [-0.4, -0.2) is 23.1 Å². The van der Waals surface area contributed by atoms with E-state index in [2.05, 4.69) is 4.90 Å². The van der Waals surface area contributed by atoms with Crippen LogP contribution >= 0.6 is 11.3 Å². The summed E-state index contributed by atoms with van der Waals surface area (Å²) >= 11 is 1.35. The van der Waals surface area contributed by atoms with Gasteiger partial charge in [0.15, 0.2) is 5.00 Å². The van der Waals surface area contributed by atoms with E-state index >= 15 is 0 Å². The zero-order valence-corrected chi connectivity index (χ0v) is 12.0. The molecule has 2 rings (SSSR count). The third-order valence-corrected chi connectivity index (χ3v) is 4.82. The summed E-state index contributed by atoms with van der Waals surface area (Å²) in [6, 6.07) is 1.52. The standard InChI is InChI=1S/C13H20N2O3S/c1-10(16)12-9-11(15(17)18)13(19-12)14-7-5-3-2-4-6-8-14/h9-10,16H,2-8H2,1H3/t10-/m1/s1. The molecule has 0 aromatic carbocycles. The van der Waals surface area contributed by atoms with E-state index in [1.165, 1.54) is 36.7 Å². The lowest BCUT2D eigenvalue weighted by Crippen LogP contribution is -2.26. The van der Waals surface area contributed by atoms with E-state index in [-0.39, 0.29) is 10.6 Å². The highest BCUT2D eigenvalue weighted by Crippen LogP contribution is 2.40. The highest BCUT2D eigenvalue weighted by atomic mass is 32.1. The Labute approximate surface area is 117 Å². The van der Waals surface area contributed by atoms with Crippen molar-refractivity contribution in [3.8, 4) is 0 Å². The fourth-order valence-electron chi connectivity index (χ4n) is 2.40. The van der Waals surface area contributed by atoms with E-state index in [9.17, 15) is 15.2 Å². The van der Waals surface area contributed by atoms with Gasteiger partial charge in [0.2, 0.25) is 0 Å². The molecular weight excluding hydrogens is 264 g/mol.